The molecular weight excluding hydrogens is 328 g/mol. The van der Waals surface area contributed by atoms with Gasteiger partial charge in [0.2, 0.25) is 5.91 Å². The van der Waals surface area contributed by atoms with Gasteiger partial charge in [0.05, 0.1) is 26.4 Å². The monoisotopic (exact) mass is 362 g/mol. The molecule has 0 aliphatic heterocycles. The molecule has 0 atom stereocenters. The van der Waals surface area contributed by atoms with Crippen LogP contribution >= 0.6 is 0 Å². The van der Waals surface area contributed by atoms with Gasteiger partial charge in [-0.05, 0) is 33.6 Å². The first kappa shape index (κ1) is 23.6. The summed E-state index contributed by atoms with van der Waals surface area (Å²) in [6, 6.07) is 0. The number of carbonyl (C=O) groups excluding carboxylic acids is 2. The summed E-state index contributed by atoms with van der Waals surface area (Å²) in [6.07, 6.45) is 1.10. The highest BCUT2D eigenvalue weighted by molar-refractivity contribution is 5.72. The van der Waals surface area contributed by atoms with Gasteiger partial charge in [0, 0.05) is 33.2 Å². The van der Waals surface area contributed by atoms with E-state index in [0.29, 0.717) is 52.7 Å². The number of hydrogen-bond acceptors (Lipinski definition) is 6. The Labute approximate surface area is 150 Å². The molecule has 0 aromatic carbocycles. The molecule has 0 aliphatic carbocycles. The number of alkyl carbamates (subject to hydrolysis) is 1. The summed E-state index contributed by atoms with van der Waals surface area (Å²) < 4.78 is 21.3. The third-order valence-corrected chi connectivity index (χ3v) is 2.72. The molecule has 2 N–H and O–H groups in total. The Balaban J connectivity index is 3.17. The second kappa shape index (κ2) is 14.9. The first-order valence-corrected chi connectivity index (χ1v) is 8.76. The molecular formula is C17H34N2O6. The van der Waals surface area contributed by atoms with Gasteiger partial charge in [0.15, 0.2) is 0 Å². The van der Waals surface area contributed by atoms with Crippen molar-refractivity contribution >= 4 is 12.0 Å². The van der Waals surface area contributed by atoms with Gasteiger partial charge in [0.25, 0.3) is 0 Å². The van der Waals surface area contributed by atoms with E-state index < -0.39 is 11.7 Å². The number of ether oxygens (including phenoxy) is 4. The van der Waals surface area contributed by atoms with Crippen LogP contribution in [-0.4, -0.2) is 70.3 Å². The van der Waals surface area contributed by atoms with Gasteiger partial charge in [-0.3, -0.25) is 4.79 Å². The fourth-order valence-corrected chi connectivity index (χ4v) is 1.66. The lowest BCUT2D eigenvalue weighted by Gasteiger charge is -2.19. The molecule has 0 unspecified atom stereocenters. The molecule has 8 nitrogen and oxygen atoms in total. The predicted molar refractivity (Wildman–Crippen MR) is 94.6 cm³/mol. The molecule has 0 heterocycles. The van der Waals surface area contributed by atoms with E-state index in [9.17, 15) is 9.59 Å². The molecule has 148 valence electrons. The van der Waals surface area contributed by atoms with E-state index in [1.165, 1.54) is 6.92 Å². The van der Waals surface area contributed by atoms with Crippen LogP contribution < -0.4 is 10.6 Å². The average molecular weight is 362 g/mol. The van der Waals surface area contributed by atoms with Crippen molar-refractivity contribution in [2.24, 2.45) is 0 Å². The summed E-state index contributed by atoms with van der Waals surface area (Å²) in [4.78, 5) is 22.0. The molecule has 8 heteroatoms. The summed E-state index contributed by atoms with van der Waals surface area (Å²) in [6.45, 7) is 11.3. The van der Waals surface area contributed by atoms with Gasteiger partial charge < -0.3 is 29.6 Å². The maximum absolute atomic E-state index is 11.4. The van der Waals surface area contributed by atoms with Gasteiger partial charge in [-0.1, -0.05) is 0 Å². The van der Waals surface area contributed by atoms with Gasteiger partial charge in [0.1, 0.15) is 5.60 Å². The Morgan fingerprint density at radius 3 is 1.64 bits per heavy atom. The maximum Gasteiger partial charge on any atom is 0.407 e. The highest BCUT2D eigenvalue weighted by Gasteiger charge is 2.15. The highest BCUT2D eigenvalue weighted by atomic mass is 16.6. The van der Waals surface area contributed by atoms with Crippen LogP contribution in [0.15, 0.2) is 0 Å². The molecule has 0 fully saturated rings. The minimum absolute atomic E-state index is 0.0241. The van der Waals surface area contributed by atoms with E-state index in [0.717, 1.165) is 12.8 Å². The molecule has 2 amide bonds. The molecule has 0 saturated carbocycles. The quantitative estimate of drug-likeness (QED) is 0.455. The van der Waals surface area contributed by atoms with E-state index in [2.05, 4.69) is 10.6 Å². The van der Waals surface area contributed by atoms with Crippen LogP contribution in [0.25, 0.3) is 0 Å². The van der Waals surface area contributed by atoms with Crippen LogP contribution in [0.3, 0.4) is 0 Å². The molecule has 0 radical (unpaired) electrons. The largest absolute Gasteiger partial charge is 0.444 e. The zero-order valence-electron chi connectivity index (χ0n) is 16.0. The first-order valence-electron chi connectivity index (χ1n) is 8.76. The second-order valence-electron chi connectivity index (χ2n) is 6.46. The lowest BCUT2D eigenvalue weighted by atomic mass is 10.2. The Morgan fingerprint density at radius 1 is 0.760 bits per heavy atom. The van der Waals surface area contributed by atoms with Crippen molar-refractivity contribution in [1.29, 1.82) is 0 Å². The van der Waals surface area contributed by atoms with Crippen LogP contribution in [0.1, 0.15) is 40.5 Å². The topological polar surface area (TPSA) is 95.1 Å². The third-order valence-electron chi connectivity index (χ3n) is 2.72. The number of rotatable bonds is 14. The van der Waals surface area contributed by atoms with Gasteiger partial charge in [-0.15, -0.1) is 0 Å². The Morgan fingerprint density at radius 2 is 1.20 bits per heavy atom. The summed E-state index contributed by atoms with van der Waals surface area (Å²) in [5.74, 6) is -0.0241. The second-order valence-corrected chi connectivity index (χ2v) is 6.46. The standard InChI is InChI=1S/C17H34N2O6/c1-15(20)18-7-5-9-22-11-13-24-14-12-23-10-6-8-19-16(21)25-17(2,3)4/h5-14H2,1-4H3,(H,18,20)(H,19,21). The maximum atomic E-state index is 11.4. The average Bonchev–Trinajstić information content (AvgIpc) is 2.49. The molecule has 0 aromatic heterocycles. The zero-order valence-corrected chi connectivity index (χ0v) is 16.0. The first-order chi connectivity index (χ1) is 11.8. The van der Waals surface area contributed by atoms with Crippen LogP contribution in [0.5, 0.6) is 0 Å². The summed E-state index contributed by atoms with van der Waals surface area (Å²) in [7, 11) is 0. The molecule has 0 aromatic rings. The minimum Gasteiger partial charge on any atom is -0.444 e. The fraction of sp³-hybridized carbons (Fsp3) is 0.882. The number of carbonyl (C=O) groups is 2. The predicted octanol–water partition coefficient (Wildman–Crippen LogP) is 1.48. The summed E-state index contributed by atoms with van der Waals surface area (Å²) in [5.41, 5.74) is -0.479. The van der Waals surface area contributed by atoms with Crippen molar-refractivity contribution in [1.82, 2.24) is 10.6 Å². The van der Waals surface area contributed by atoms with Crippen molar-refractivity contribution in [3.63, 3.8) is 0 Å². The summed E-state index contributed by atoms with van der Waals surface area (Å²) in [5, 5.41) is 5.38. The summed E-state index contributed by atoms with van der Waals surface area (Å²) >= 11 is 0. The van der Waals surface area contributed by atoms with Crippen molar-refractivity contribution in [3.05, 3.63) is 0 Å². The lowest BCUT2D eigenvalue weighted by molar-refractivity contribution is -0.119. The van der Waals surface area contributed by atoms with Crippen molar-refractivity contribution in [3.8, 4) is 0 Å². The van der Waals surface area contributed by atoms with Crippen LogP contribution in [0, 0.1) is 0 Å². The van der Waals surface area contributed by atoms with E-state index in [-0.39, 0.29) is 5.91 Å². The highest BCUT2D eigenvalue weighted by Crippen LogP contribution is 2.06. The van der Waals surface area contributed by atoms with E-state index in [1.807, 2.05) is 20.8 Å². The van der Waals surface area contributed by atoms with E-state index in [1.54, 1.807) is 0 Å². The number of nitrogens with one attached hydrogen (secondary N) is 2. The smallest absolute Gasteiger partial charge is 0.407 e. The molecule has 0 spiro atoms. The Bertz CT molecular complexity index is 358. The van der Waals surface area contributed by atoms with Gasteiger partial charge in [-0.2, -0.15) is 0 Å². The zero-order chi connectivity index (χ0) is 19.0. The third kappa shape index (κ3) is 20.6. The van der Waals surface area contributed by atoms with Crippen LogP contribution in [0.2, 0.25) is 0 Å². The Kier molecular flexibility index (Phi) is 14.1. The number of amides is 2. The minimum atomic E-state index is -0.479. The van der Waals surface area contributed by atoms with Gasteiger partial charge in [-0.25, -0.2) is 4.79 Å². The van der Waals surface area contributed by atoms with Crippen LogP contribution in [-0.2, 0) is 23.7 Å². The van der Waals surface area contributed by atoms with Crippen molar-refractivity contribution < 1.29 is 28.5 Å². The molecule has 25 heavy (non-hydrogen) atoms. The molecule has 0 aliphatic rings. The lowest BCUT2D eigenvalue weighted by Crippen LogP contribution is -2.33. The van der Waals surface area contributed by atoms with E-state index in [4.69, 9.17) is 18.9 Å². The van der Waals surface area contributed by atoms with Gasteiger partial charge >= 0.3 is 6.09 Å². The van der Waals surface area contributed by atoms with Crippen molar-refractivity contribution in [2.45, 2.75) is 46.1 Å². The SMILES string of the molecule is CC(=O)NCCCOCCOCCOCCCNC(=O)OC(C)(C)C. The fourth-order valence-electron chi connectivity index (χ4n) is 1.66. The Hall–Kier alpha value is -1.38. The molecule has 0 saturated heterocycles. The van der Waals surface area contributed by atoms with Crippen LogP contribution in [0.4, 0.5) is 4.79 Å². The molecule has 0 rings (SSSR count). The van der Waals surface area contributed by atoms with Crippen molar-refractivity contribution in [2.75, 3.05) is 52.7 Å². The number of hydrogen-bond donors (Lipinski definition) is 2. The normalized spacial score (nSPS) is 11.2. The molecule has 0 bridgehead atoms. The van der Waals surface area contributed by atoms with E-state index >= 15 is 0 Å².